The zero-order valence-electron chi connectivity index (χ0n) is 19.1. The lowest BCUT2D eigenvalue weighted by atomic mass is 9.88. The summed E-state index contributed by atoms with van der Waals surface area (Å²) in [7, 11) is 0. The van der Waals surface area contributed by atoms with Gasteiger partial charge in [0.15, 0.2) is 0 Å². The zero-order chi connectivity index (χ0) is 23.4. The quantitative estimate of drug-likeness (QED) is 0.511. The summed E-state index contributed by atoms with van der Waals surface area (Å²) in [6.45, 7) is 4.97. The first-order chi connectivity index (χ1) is 16.0. The molecule has 33 heavy (non-hydrogen) atoms. The number of piperidine rings is 1. The SMILES string of the molecule is Cc1cccc2c(C(=O)N3CCC(c4cc(CN)ccc4F)CC3)cn(CCOCCO)c12. The molecule has 6 nitrogen and oxygen atoms in total. The molecule has 0 unspecified atom stereocenters. The molecule has 0 aliphatic carbocycles. The Balaban J connectivity index is 1.51. The number of para-hydroxylation sites is 1. The molecule has 1 aromatic heterocycles. The van der Waals surface area contributed by atoms with Crippen molar-refractivity contribution in [3.8, 4) is 0 Å². The number of nitrogens with two attached hydrogens (primary N) is 1. The van der Waals surface area contributed by atoms with Crippen LogP contribution in [0.15, 0.2) is 42.6 Å². The van der Waals surface area contributed by atoms with Crippen molar-refractivity contribution < 1.29 is 19.0 Å². The lowest BCUT2D eigenvalue weighted by Gasteiger charge is -2.32. The Morgan fingerprint density at radius 1 is 1.21 bits per heavy atom. The number of amides is 1. The van der Waals surface area contributed by atoms with E-state index in [-0.39, 0.29) is 24.2 Å². The Kier molecular flexibility index (Phi) is 7.42. The second kappa shape index (κ2) is 10.5. The molecule has 1 saturated heterocycles. The summed E-state index contributed by atoms with van der Waals surface area (Å²) in [5.41, 5.74) is 10.2. The maximum Gasteiger partial charge on any atom is 0.256 e. The van der Waals surface area contributed by atoms with E-state index in [2.05, 4.69) is 4.57 Å². The number of hydrogen-bond acceptors (Lipinski definition) is 4. The highest BCUT2D eigenvalue weighted by atomic mass is 19.1. The second-order valence-corrected chi connectivity index (χ2v) is 8.67. The minimum Gasteiger partial charge on any atom is -0.394 e. The smallest absolute Gasteiger partial charge is 0.256 e. The summed E-state index contributed by atoms with van der Waals surface area (Å²) < 4.78 is 21.9. The number of fused-ring (bicyclic) bond motifs is 1. The van der Waals surface area contributed by atoms with Crippen LogP contribution >= 0.6 is 0 Å². The number of hydrogen-bond donors (Lipinski definition) is 2. The van der Waals surface area contributed by atoms with Gasteiger partial charge in [-0.05, 0) is 48.4 Å². The topological polar surface area (TPSA) is 80.7 Å². The summed E-state index contributed by atoms with van der Waals surface area (Å²) in [6, 6.07) is 11.1. The lowest BCUT2D eigenvalue weighted by Crippen LogP contribution is -2.38. The molecular weight excluding hydrogens is 421 g/mol. The van der Waals surface area contributed by atoms with Crippen LogP contribution in [0.1, 0.15) is 45.8 Å². The molecule has 0 radical (unpaired) electrons. The third kappa shape index (κ3) is 4.95. The van der Waals surface area contributed by atoms with Crippen LogP contribution in [-0.2, 0) is 17.8 Å². The van der Waals surface area contributed by atoms with Crippen molar-refractivity contribution in [2.24, 2.45) is 5.73 Å². The van der Waals surface area contributed by atoms with Crippen molar-refractivity contribution in [3.05, 3.63) is 70.7 Å². The average molecular weight is 454 g/mol. The Labute approximate surface area is 193 Å². The van der Waals surface area contributed by atoms with Gasteiger partial charge in [-0.15, -0.1) is 0 Å². The molecule has 3 aromatic rings. The van der Waals surface area contributed by atoms with E-state index in [9.17, 15) is 9.18 Å². The van der Waals surface area contributed by atoms with Crippen LogP contribution in [0.2, 0.25) is 0 Å². The first-order valence-corrected chi connectivity index (χ1v) is 11.6. The minimum atomic E-state index is -0.195. The molecular formula is C26H32FN3O3. The third-order valence-electron chi connectivity index (χ3n) is 6.56. The Hall–Kier alpha value is -2.74. The number of nitrogens with zero attached hydrogens (tertiary/aromatic N) is 2. The molecule has 1 fully saturated rings. The summed E-state index contributed by atoms with van der Waals surface area (Å²) in [6.07, 6.45) is 3.37. The Morgan fingerprint density at radius 3 is 2.73 bits per heavy atom. The van der Waals surface area contributed by atoms with E-state index in [1.807, 2.05) is 42.3 Å². The summed E-state index contributed by atoms with van der Waals surface area (Å²) >= 11 is 0. The molecule has 0 spiro atoms. The van der Waals surface area contributed by atoms with Crippen LogP contribution in [0.4, 0.5) is 4.39 Å². The molecule has 2 aromatic carbocycles. The van der Waals surface area contributed by atoms with Crippen molar-refractivity contribution >= 4 is 16.8 Å². The first kappa shape index (κ1) is 23.4. The van der Waals surface area contributed by atoms with Gasteiger partial charge in [0, 0.05) is 37.8 Å². The number of halogens is 1. The Bertz CT molecular complexity index is 1120. The van der Waals surface area contributed by atoms with E-state index < -0.39 is 0 Å². The van der Waals surface area contributed by atoms with Crippen LogP contribution in [0.3, 0.4) is 0 Å². The van der Waals surface area contributed by atoms with E-state index in [1.165, 1.54) is 6.07 Å². The van der Waals surface area contributed by atoms with E-state index in [0.717, 1.165) is 34.9 Å². The first-order valence-electron chi connectivity index (χ1n) is 11.6. The molecule has 176 valence electrons. The number of carbonyl (C=O) groups excluding carboxylic acids is 1. The molecule has 4 rings (SSSR count). The van der Waals surface area contributed by atoms with Gasteiger partial charge in [-0.3, -0.25) is 4.79 Å². The number of aromatic nitrogens is 1. The number of aliphatic hydroxyl groups is 1. The number of rotatable bonds is 8. The van der Waals surface area contributed by atoms with Crippen LogP contribution in [0.25, 0.3) is 10.9 Å². The number of benzene rings is 2. The molecule has 1 aliphatic heterocycles. The molecule has 1 amide bonds. The molecule has 0 saturated carbocycles. The average Bonchev–Trinajstić information content (AvgIpc) is 3.22. The minimum absolute atomic E-state index is 0.00837. The van der Waals surface area contributed by atoms with Gasteiger partial charge in [0.2, 0.25) is 0 Å². The van der Waals surface area contributed by atoms with Crippen LogP contribution in [-0.4, -0.2) is 53.4 Å². The zero-order valence-corrected chi connectivity index (χ0v) is 19.1. The van der Waals surface area contributed by atoms with Gasteiger partial charge in [-0.25, -0.2) is 4.39 Å². The fourth-order valence-electron chi connectivity index (χ4n) is 4.82. The number of likely N-dealkylation sites (tertiary alicyclic amines) is 1. The van der Waals surface area contributed by atoms with Crippen molar-refractivity contribution in [3.63, 3.8) is 0 Å². The van der Waals surface area contributed by atoms with Crippen LogP contribution < -0.4 is 5.73 Å². The highest BCUT2D eigenvalue weighted by Gasteiger charge is 2.28. The van der Waals surface area contributed by atoms with Gasteiger partial charge in [-0.1, -0.05) is 30.3 Å². The molecule has 0 bridgehead atoms. The van der Waals surface area contributed by atoms with Gasteiger partial charge < -0.3 is 25.0 Å². The number of ether oxygens (including phenoxy) is 1. The van der Waals surface area contributed by atoms with Crippen molar-refractivity contribution in [2.75, 3.05) is 32.9 Å². The predicted octanol–water partition coefficient (Wildman–Crippen LogP) is 3.58. The van der Waals surface area contributed by atoms with Crippen molar-refractivity contribution in [1.82, 2.24) is 9.47 Å². The lowest BCUT2D eigenvalue weighted by molar-refractivity contribution is 0.0713. The molecule has 0 atom stereocenters. The molecule has 1 aliphatic rings. The molecule has 2 heterocycles. The normalized spacial score (nSPS) is 14.8. The van der Waals surface area contributed by atoms with Gasteiger partial charge in [0.25, 0.3) is 5.91 Å². The third-order valence-corrected chi connectivity index (χ3v) is 6.56. The van der Waals surface area contributed by atoms with Crippen LogP contribution in [0.5, 0.6) is 0 Å². The highest BCUT2D eigenvalue weighted by molar-refractivity contribution is 6.07. The molecule has 3 N–H and O–H groups in total. The predicted molar refractivity (Wildman–Crippen MR) is 127 cm³/mol. The fraction of sp³-hybridized carbons (Fsp3) is 0.423. The standard InChI is InChI=1S/C26H32FN3O3/c1-18-3-2-4-21-23(17-30(25(18)21)11-13-33-14-12-31)26(32)29-9-7-20(8-10-29)22-15-19(16-28)5-6-24(22)27/h2-6,15,17,20,31H,7-14,16,28H2,1H3. The van der Waals surface area contributed by atoms with Gasteiger partial charge in [0.05, 0.1) is 30.9 Å². The summed E-state index contributed by atoms with van der Waals surface area (Å²) in [5.74, 6) is -0.0954. The molecule has 7 heteroatoms. The summed E-state index contributed by atoms with van der Waals surface area (Å²) in [4.78, 5) is 15.4. The van der Waals surface area contributed by atoms with E-state index in [1.54, 1.807) is 6.07 Å². The van der Waals surface area contributed by atoms with Crippen LogP contribution in [0, 0.1) is 12.7 Å². The van der Waals surface area contributed by atoms with Crippen molar-refractivity contribution in [1.29, 1.82) is 0 Å². The maximum atomic E-state index is 14.4. The van der Waals surface area contributed by atoms with Crippen molar-refractivity contribution in [2.45, 2.75) is 38.8 Å². The van der Waals surface area contributed by atoms with Gasteiger partial charge in [0.1, 0.15) is 5.82 Å². The number of carbonyl (C=O) groups is 1. The Morgan fingerprint density at radius 2 is 2.00 bits per heavy atom. The highest BCUT2D eigenvalue weighted by Crippen LogP contribution is 2.32. The summed E-state index contributed by atoms with van der Waals surface area (Å²) in [5, 5.41) is 9.86. The number of aryl methyl sites for hydroxylation is 1. The fourth-order valence-corrected chi connectivity index (χ4v) is 4.82. The number of aliphatic hydroxyl groups excluding tert-OH is 1. The van der Waals surface area contributed by atoms with E-state index >= 15 is 0 Å². The van der Waals surface area contributed by atoms with E-state index in [4.69, 9.17) is 15.6 Å². The van der Waals surface area contributed by atoms with E-state index in [0.29, 0.717) is 50.5 Å². The van der Waals surface area contributed by atoms with Gasteiger partial charge in [-0.2, -0.15) is 0 Å². The largest absolute Gasteiger partial charge is 0.394 e. The van der Waals surface area contributed by atoms with Gasteiger partial charge >= 0.3 is 0 Å². The monoisotopic (exact) mass is 453 g/mol. The maximum absolute atomic E-state index is 14.4. The second-order valence-electron chi connectivity index (χ2n) is 8.67.